The minimum absolute atomic E-state index is 0. The molecule has 0 amide bonds. The quantitative estimate of drug-likeness (QED) is 0.306. The first-order valence-corrected chi connectivity index (χ1v) is 9.21. The van der Waals surface area contributed by atoms with Gasteiger partial charge < -0.3 is 15.3 Å². The predicted molar refractivity (Wildman–Crippen MR) is 98.7 cm³/mol. The predicted octanol–water partition coefficient (Wildman–Crippen LogP) is 5.30. The first-order chi connectivity index (χ1) is 11.3. The highest BCUT2D eigenvalue weighted by atomic mass is 16.5. The monoisotopic (exact) mass is 338 g/mol. The maximum atomic E-state index is 10.4. The van der Waals surface area contributed by atoms with Gasteiger partial charge in [-0.1, -0.05) is 76.0 Å². The summed E-state index contributed by atoms with van der Waals surface area (Å²) in [6, 6.07) is 0. The minimum Gasteiger partial charge on any atom is -0.481 e. The molecule has 1 rings (SSSR count). The van der Waals surface area contributed by atoms with Crippen molar-refractivity contribution in [1.82, 2.24) is 0 Å². The van der Waals surface area contributed by atoms with Crippen LogP contribution in [0.4, 0.5) is 0 Å². The minimum atomic E-state index is -0.664. The molecule has 1 aliphatic rings. The Morgan fingerprint density at radius 3 is 1.88 bits per heavy atom. The Hall–Kier alpha value is -1.55. The molecular weight excluding hydrogens is 304 g/mol. The first kappa shape index (κ1) is 22.4. The van der Waals surface area contributed by atoms with Crippen LogP contribution >= 0.6 is 0 Å². The van der Waals surface area contributed by atoms with Crippen molar-refractivity contribution in [3.63, 3.8) is 0 Å². The third-order valence-corrected chi connectivity index (χ3v) is 4.02. The Bertz CT molecular complexity index is 396. The molecule has 4 heteroatoms. The zero-order valence-electron chi connectivity index (χ0n) is 14.8. The second-order valence-corrected chi connectivity index (χ2v) is 6.25. The topological polar surface area (TPSA) is 81.3 Å². The number of hydrogen-bond acceptors (Lipinski definition) is 2. The highest BCUT2D eigenvalue weighted by Crippen LogP contribution is 2.14. The molecule has 3 N–H and O–H groups in total. The zero-order chi connectivity index (χ0) is 16.6. The average molecular weight is 338 g/mol. The molecule has 0 aromatic rings. The van der Waals surface area contributed by atoms with E-state index in [0.29, 0.717) is 6.42 Å². The molecule has 0 aromatic carbocycles. The molecule has 0 fully saturated rings. The van der Waals surface area contributed by atoms with Crippen molar-refractivity contribution in [1.29, 1.82) is 0 Å². The van der Waals surface area contributed by atoms with Crippen LogP contribution in [0.5, 0.6) is 0 Å². The van der Waals surface area contributed by atoms with Crippen LogP contribution in [0.2, 0.25) is 0 Å². The highest BCUT2D eigenvalue weighted by Gasteiger charge is 2.01. The Morgan fingerprint density at radius 1 is 0.875 bits per heavy atom. The van der Waals surface area contributed by atoms with Crippen molar-refractivity contribution in [3.05, 3.63) is 36.3 Å². The smallest absolute Gasteiger partial charge is 0.303 e. The van der Waals surface area contributed by atoms with Crippen LogP contribution in [0.15, 0.2) is 36.3 Å². The van der Waals surface area contributed by atoms with E-state index in [-0.39, 0.29) is 5.48 Å². The lowest BCUT2D eigenvalue weighted by Gasteiger charge is -2.02. The molecule has 0 saturated carbocycles. The Kier molecular flexibility index (Phi) is 15.3. The molecule has 1 aliphatic heterocycles. The van der Waals surface area contributed by atoms with Crippen molar-refractivity contribution in [3.8, 4) is 0 Å². The zero-order valence-corrected chi connectivity index (χ0v) is 14.8. The third kappa shape index (κ3) is 16.8. The fraction of sp³-hybridized carbons (Fsp3) is 0.650. The van der Waals surface area contributed by atoms with Crippen molar-refractivity contribution in [2.75, 3.05) is 0 Å². The lowest BCUT2D eigenvalue weighted by Crippen LogP contribution is -1.93. The van der Waals surface area contributed by atoms with E-state index in [1.807, 2.05) is 12.2 Å². The van der Waals surface area contributed by atoms with Gasteiger partial charge in [-0.3, -0.25) is 4.79 Å². The van der Waals surface area contributed by atoms with Crippen LogP contribution in [-0.2, 0) is 9.53 Å². The van der Waals surface area contributed by atoms with Gasteiger partial charge in [0.05, 0.1) is 0 Å². The fourth-order valence-corrected chi connectivity index (χ4v) is 2.57. The highest BCUT2D eigenvalue weighted by molar-refractivity contribution is 5.66. The molecule has 0 spiro atoms. The van der Waals surface area contributed by atoms with Crippen LogP contribution < -0.4 is 0 Å². The molecule has 0 unspecified atom stereocenters. The van der Waals surface area contributed by atoms with Crippen molar-refractivity contribution < 1.29 is 20.1 Å². The molecule has 0 bridgehead atoms. The van der Waals surface area contributed by atoms with Crippen LogP contribution in [0.25, 0.3) is 0 Å². The summed E-state index contributed by atoms with van der Waals surface area (Å²) < 4.78 is 4.89. The Balaban J connectivity index is 0.00000529. The third-order valence-electron chi connectivity index (χ3n) is 4.02. The summed E-state index contributed by atoms with van der Waals surface area (Å²) in [5.74, 6) is 0.303. The second-order valence-electron chi connectivity index (χ2n) is 6.25. The van der Waals surface area contributed by atoms with Crippen molar-refractivity contribution >= 4 is 5.97 Å². The molecule has 24 heavy (non-hydrogen) atoms. The number of carboxylic acid groups (broad SMARTS) is 1. The number of hydrogen-bond donors (Lipinski definition) is 1. The van der Waals surface area contributed by atoms with E-state index in [4.69, 9.17) is 9.84 Å². The number of unbranched alkanes of at least 4 members (excludes halogenated alkanes) is 11. The van der Waals surface area contributed by atoms with Crippen LogP contribution in [0, 0.1) is 0 Å². The number of allylic oxidation sites excluding steroid dienone is 4. The standard InChI is InChI=1S/C20H32O3.H2O/c21-20(22)17-15-13-11-9-7-5-3-1-2-4-6-8-10-12-14-16-19-18-23-19;/h10,12,14,16,18H,1-9,11,13,15,17H2,(H,21,22);1H2. The largest absolute Gasteiger partial charge is 0.481 e. The Labute approximate surface area is 146 Å². The lowest BCUT2D eigenvalue weighted by atomic mass is 10.0. The van der Waals surface area contributed by atoms with Crippen LogP contribution in [-0.4, -0.2) is 16.6 Å². The first-order valence-electron chi connectivity index (χ1n) is 9.21. The molecule has 0 aliphatic carbocycles. The molecule has 0 aromatic heterocycles. The van der Waals surface area contributed by atoms with E-state index in [1.54, 1.807) is 6.26 Å². The van der Waals surface area contributed by atoms with Crippen LogP contribution in [0.3, 0.4) is 0 Å². The SMILES string of the molecule is O.O=C(O)CCCCCCCCCCCCCC=CC=CC1=CO1. The summed E-state index contributed by atoms with van der Waals surface area (Å²) in [5.41, 5.74) is 0. The van der Waals surface area contributed by atoms with Gasteiger partial charge in [0.1, 0.15) is 6.26 Å². The molecule has 0 radical (unpaired) electrons. The molecule has 138 valence electrons. The maximum Gasteiger partial charge on any atom is 0.303 e. The second kappa shape index (κ2) is 16.3. The van der Waals surface area contributed by atoms with Gasteiger partial charge >= 0.3 is 5.97 Å². The van der Waals surface area contributed by atoms with E-state index in [0.717, 1.165) is 18.6 Å². The molecular formula is C20H34O4. The van der Waals surface area contributed by atoms with E-state index >= 15 is 0 Å². The van der Waals surface area contributed by atoms with Crippen molar-refractivity contribution in [2.45, 2.75) is 83.5 Å². The summed E-state index contributed by atoms with van der Waals surface area (Å²) in [7, 11) is 0. The number of carbonyl (C=O) groups is 1. The van der Waals surface area contributed by atoms with E-state index in [1.165, 1.54) is 64.2 Å². The maximum absolute atomic E-state index is 10.4. The van der Waals surface area contributed by atoms with Gasteiger partial charge in [-0.05, 0) is 25.3 Å². The van der Waals surface area contributed by atoms with Gasteiger partial charge in [0, 0.05) is 6.42 Å². The summed E-state index contributed by atoms with van der Waals surface area (Å²) in [6.45, 7) is 0. The van der Waals surface area contributed by atoms with Crippen molar-refractivity contribution in [2.24, 2.45) is 0 Å². The van der Waals surface area contributed by atoms with Gasteiger partial charge in [-0.25, -0.2) is 0 Å². The van der Waals surface area contributed by atoms with Gasteiger partial charge in [0.15, 0.2) is 5.76 Å². The fourth-order valence-electron chi connectivity index (χ4n) is 2.57. The molecule has 4 nitrogen and oxygen atoms in total. The molecule has 0 atom stereocenters. The van der Waals surface area contributed by atoms with Gasteiger partial charge in [-0.15, -0.1) is 0 Å². The number of ether oxygens (including phenoxy) is 1. The number of rotatable bonds is 16. The summed E-state index contributed by atoms with van der Waals surface area (Å²) in [4.78, 5) is 10.4. The van der Waals surface area contributed by atoms with Crippen LogP contribution in [0.1, 0.15) is 83.5 Å². The Morgan fingerprint density at radius 2 is 1.38 bits per heavy atom. The van der Waals surface area contributed by atoms with E-state index < -0.39 is 5.97 Å². The lowest BCUT2D eigenvalue weighted by molar-refractivity contribution is -0.137. The average Bonchev–Trinajstić information content (AvgIpc) is 3.34. The molecule has 0 saturated heterocycles. The van der Waals surface area contributed by atoms with Gasteiger partial charge in [0.25, 0.3) is 0 Å². The van der Waals surface area contributed by atoms with E-state index in [9.17, 15) is 4.79 Å². The number of aliphatic carboxylic acids is 1. The summed E-state index contributed by atoms with van der Waals surface area (Å²) >= 11 is 0. The summed E-state index contributed by atoms with van der Waals surface area (Å²) in [5, 5.41) is 8.54. The van der Waals surface area contributed by atoms with E-state index in [2.05, 4.69) is 12.2 Å². The van der Waals surface area contributed by atoms with Gasteiger partial charge in [-0.2, -0.15) is 0 Å². The molecule has 1 heterocycles. The summed E-state index contributed by atoms with van der Waals surface area (Å²) in [6.07, 6.45) is 25.2. The van der Waals surface area contributed by atoms with Gasteiger partial charge in [0.2, 0.25) is 0 Å². The number of carboxylic acids is 1. The normalized spacial score (nSPS) is 12.9.